The minimum Gasteiger partial charge on any atom is -0.465 e. The van der Waals surface area contributed by atoms with Gasteiger partial charge in [-0.15, -0.1) is 0 Å². The molecule has 0 aromatic rings. The molecular formula is C14H25N3O5S. The molecule has 9 heteroatoms. The van der Waals surface area contributed by atoms with Crippen molar-refractivity contribution in [1.82, 2.24) is 8.61 Å². The summed E-state index contributed by atoms with van der Waals surface area (Å²) in [6.45, 7) is 2.64. The van der Waals surface area contributed by atoms with Crippen LogP contribution < -0.4 is 5.73 Å². The SMILES string of the molecule is CCOC(=O)[C@H]1CCCCN1S(=O)(=O)N1CCC[C@H](C(N)=O)C1. The van der Waals surface area contributed by atoms with Gasteiger partial charge in [0.05, 0.1) is 12.5 Å². The maximum Gasteiger partial charge on any atom is 0.324 e. The van der Waals surface area contributed by atoms with Gasteiger partial charge in [-0.25, -0.2) is 0 Å². The van der Waals surface area contributed by atoms with Crippen molar-refractivity contribution in [3.05, 3.63) is 0 Å². The zero-order valence-electron chi connectivity index (χ0n) is 13.4. The molecule has 2 fully saturated rings. The van der Waals surface area contributed by atoms with Crippen molar-refractivity contribution in [3.8, 4) is 0 Å². The summed E-state index contributed by atoms with van der Waals surface area (Å²) in [5.41, 5.74) is 5.32. The van der Waals surface area contributed by atoms with Gasteiger partial charge in [-0.3, -0.25) is 9.59 Å². The Labute approximate surface area is 137 Å². The standard InChI is InChI=1S/C14H25N3O5S/c1-2-22-14(19)12-7-3-4-9-17(12)23(20,21)16-8-5-6-11(10-16)13(15)18/h11-12H,2-10H2,1H3,(H2,15,18)/t11-,12+/m0/s1. The molecule has 0 aromatic heterocycles. The molecule has 2 aliphatic heterocycles. The first-order chi connectivity index (χ1) is 10.9. The Bertz CT molecular complexity index is 551. The second-order valence-corrected chi connectivity index (χ2v) is 7.86. The Morgan fingerprint density at radius 1 is 1.17 bits per heavy atom. The lowest BCUT2D eigenvalue weighted by Gasteiger charge is -2.39. The Morgan fingerprint density at radius 3 is 2.57 bits per heavy atom. The molecule has 8 nitrogen and oxygen atoms in total. The molecule has 1 amide bonds. The van der Waals surface area contributed by atoms with E-state index in [-0.39, 0.29) is 13.2 Å². The fraction of sp³-hybridized carbons (Fsp3) is 0.857. The predicted octanol–water partition coefficient (Wildman–Crippen LogP) is -0.154. The lowest BCUT2D eigenvalue weighted by atomic mass is 9.99. The summed E-state index contributed by atoms with van der Waals surface area (Å²) in [5, 5.41) is 0. The highest BCUT2D eigenvalue weighted by Gasteiger charge is 2.42. The Balaban J connectivity index is 2.18. The van der Waals surface area contributed by atoms with Crippen molar-refractivity contribution in [3.63, 3.8) is 0 Å². The second-order valence-electron chi connectivity index (χ2n) is 5.98. The normalized spacial score (nSPS) is 27.5. The molecule has 2 rings (SSSR count). The molecule has 0 spiro atoms. The third-order valence-electron chi connectivity index (χ3n) is 4.42. The highest BCUT2D eigenvalue weighted by atomic mass is 32.2. The monoisotopic (exact) mass is 347 g/mol. The van der Waals surface area contributed by atoms with Gasteiger partial charge in [-0.1, -0.05) is 0 Å². The number of primary amides is 1. The van der Waals surface area contributed by atoms with Gasteiger partial charge in [0.15, 0.2) is 0 Å². The van der Waals surface area contributed by atoms with E-state index in [4.69, 9.17) is 10.5 Å². The van der Waals surface area contributed by atoms with E-state index in [0.29, 0.717) is 38.8 Å². The molecule has 0 unspecified atom stereocenters. The first-order valence-corrected chi connectivity index (χ1v) is 9.50. The summed E-state index contributed by atoms with van der Waals surface area (Å²) in [5.74, 6) is -1.45. The van der Waals surface area contributed by atoms with Crippen molar-refractivity contribution >= 4 is 22.1 Å². The van der Waals surface area contributed by atoms with Crippen LogP contribution in [0.5, 0.6) is 0 Å². The van der Waals surface area contributed by atoms with Gasteiger partial charge < -0.3 is 10.5 Å². The fourth-order valence-electron chi connectivity index (χ4n) is 3.19. The lowest BCUT2D eigenvalue weighted by Crippen LogP contribution is -2.56. The smallest absolute Gasteiger partial charge is 0.324 e. The van der Waals surface area contributed by atoms with Crippen LogP contribution in [0.15, 0.2) is 0 Å². The van der Waals surface area contributed by atoms with E-state index in [1.54, 1.807) is 6.92 Å². The van der Waals surface area contributed by atoms with E-state index in [2.05, 4.69) is 0 Å². The number of amides is 1. The molecule has 132 valence electrons. The maximum atomic E-state index is 12.9. The molecule has 2 heterocycles. The fourth-order valence-corrected chi connectivity index (χ4v) is 5.09. The van der Waals surface area contributed by atoms with Gasteiger partial charge in [0.1, 0.15) is 6.04 Å². The summed E-state index contributed by atoms with van der Waals surface area (Å²) in [7, 11) is -3.81. The molecule has 0 bridgehead atoms. The molecule has 2 atom stereocenters. The number of nitrogens with zero attached hydrogens (tertiary/aromatic N) is 2. The van der Waals surface area contributed by atoms with Crippen LogP contribution in [0.25, 0.3) is 0 Å². The van der Waals surface area contributed by atoms with Crippen LogP contribution in [0.2, 0.25) is 0 Å². The highest BCUT2D eigenvalue weighted by Crippen LogP contribution is 2.27. The number of hydrogen-bond donors (Lipinski definition) is 1. The molecule has 23 heavy (non-hydrogen) atoms. The van der Waals surface area contributed by atoms with Crippen LogP contribution in [0.1, 0.15) is 39.0 Å². The van der Waals surface area contributed by atoms with Crippen LogP contribution in [0, 0.1) is 5.92 Å². The van der Waals surface area contributed by atoms with Crippen molar-refractivity contribution in [1.29, 1.82) is 0 Å². The summed E-state index contributed by atoms with van der Waals surface area (Å²) in [6, 6.07) is -0.775. The quantitative estimate of drug-likeness (QED) is 0.695. The summed E-state index contributed by atoms with van der Waals surface area (Å²) >= 11 is 0. The summed E-state index contributed by atoms with van der Waals surface area (Å²) in [4.78, 5) is 23.5. The Kier molecular flexibility index (Phi) is 5.99. The molecule has 2 saturated heterocycles. The first kappa shape index (κ1) is 18.2. The van der Waals surface area contributed by atoms with Gasteiger partial charge in [0, 0.05) is 19.6 Å². The highest BCUT2D eigenvalue weighted by molar-refractivity contribution is 7.86. The van der Waals surface area contributed by atoms with Gasteiger partial charge >= 0.3 is 5.97 Å². The Morgan fingerprint density at radius 2 is 1.91 bits per heavy atom. The predicted molar refractivity (Wildman–Crippen MR) is 83.4 cm³/mol. The second kappa shape index (κ2) is 7.59. The maximum absolute atomic E-state index is 12.9. The van der Waals surface area contributed by atoms with Crippen LogP contribution in [0.4, 0.5) is 0 Å². The van der Waals surface area contributed by atoms with Gasteiger partial charge in [0.25, 0.3) is 10.2 Å². The number of carbonyl (C=O) groups excluding carboxylic acids is 2. The third-order valence-corrected chi connectivity index (χ3v) is 6.44. The van der Waals surface area contributed by atoms with E-state index in [1.807, 2.05) is 0 Å². The lowest BCUT2D eigenvalue weighted by molar-refractivity contribution is -0.148. The molecule has 2 aliphatic rings. The summed E-state index contributed by atoms with van der Waals surface area (Å²) in [6.07, 6.45) is 3.15. The number of carbonyl (C=O) groups is 2. The number of hydrogen-bond acceptors (Lipinski definition) is 5. The number of nitrogens with two attached hydrogens (primary N) is 1. The van der Waals surface area contributed by atoms with E-state index in [0.717, 1.165) is 6.42 Å². The first-order valence-electron chi connectivity index (χ1n) is 8.10. The third kappa shape index (κ3) is 4.02. The summed E-state index contributed by atoms with van der Waals surface area (Å²) < 4.78 is 33.4. The van der Waals surface area contributed by atoms with Crippen molar-refractivity contribution < 1.29 is 22.7 Å². The van der Waals surface area contributed by atoms with Crippen molar-refractivity contribution in [2.75, 3.05) is 26.2 Å². The van der Waals surface area contributed by atoms with Gasteiger partial charge in [0.2, 0.25) is 5.91 Å². The van der Waals surface area contributed by atoms with Crippen LogP contribution in [-0.4, -0.2) is 61.2 Å². The average molecular weight is 347 g/mol. The minimum absolute atomic E-state index is 0.0870. The Hall–Kier alpha value is -1.19. The molecule has 0 aliphatic carbocycles. The zero-order chi connectivity index (χ0) is 17.0. The van der Waals surface area contributed by atoms with Crippen LogP contribution >= 0.6 is 0 Å². The zero-order valence-corrected chi connectivity index (χ0v) is 14.3. The number of piperidine rings is 2. The molecule has 0 radical (unpaired) electrons. The van der Waals surface area contributed by atoms with E-state index >= 15 is 0 Å². The van der Waals surface area contributed by atoms with Crippen LogP contribution in [-0.2, 0) is 24.5 Å². The molecule has 2 N–H and O–H groups in total. The van der Waals surface area contributed by atoms with E-state index in [1.165, 1.54) is 8.61 Å². The minimum atomic E-state index is -3.81. The number of rotatable bonds is 5. The topological polar surface area (TPSA) is 110 Å². The van der Waals surface area contributed by atoms with Crippen molar-refractivity contribution in [2.24, 2.45) is 11.7 Å². The van der Waals surface area contributed by atoms with Crippen molar-refractivity contribution in [2.45, 2.75) is 45.1 Å². The van der Waals surface area contributed by atoms with Gasteiger partial charge in [-0.05, 0) is 39.0 Å². The number of esters is 1. The largest absolute Gasteiger partial charge is 0.465 e. The average Bonchev–Trinajstić information content (AvgIpc) is 2.55. The molecular weight excluding hydrogens is 322 g/mol. The van der Waals surface area contributed by atoms with E-state index < -0.39 is 34.0 Å². The molecule has 0 saturated carbocycles. The van der Waals surface area contributed by atoms with E-state index in [9.17, 15) is 18.0 Å². The number of ether oxygens (including phenoxy) is 1. The molecule has 0 aromatic carbocycles. The van der Waals surface area contributed by atoms with Gasteiger partial charge in [-0.2, -0.15) is 17.0 Å². The van der Waals surface area contributed by atoms with Crippen LogP contribution in [0.3, 0.4) is 0 Å².